The fourth-order valence-corrected chi connectivity index (χ4v) is 5.90. The minimum atomic E-state index is -0.282. The molecule has 0 atom stereocenters. The summed E-state index contributed by atoms with van der Waals surface area (Å²) in [6.07, 6.45) is 4.87. The summed E-state index contributed by atoms with van der Waals surface area (Å²) in [6.45, 7) is 5.30. The molecule has 4 aromatic rings. The van der Waals surface area contributed by atoms with Gasteiger partial charge in [0.05, 0.1) is 6.07 Å². The van der Waals surface area contributed by atoms with E-state index in [0.717, 1.165) is 74.4 Å². The van der Waals surface area contributed by atoms with Gasteiger partial charge in [-0.3, -0.25) is 0 Å². The number of hydrogen-bond donors (Lipinski definition) is 3. The number of carbonyl (C=O) groups is 2. The molecule has 0 saturated carbocycles. The van der Waals surface area contributed by atoms with Gasteiger partial charge in [-0.05, 0) is 62.7 Å². The molecule has 3 aliphatic rings. The molecule has 3 aliphatic heterocycles. The van der Waals surface area contributed by atoms with Crippen LogP contribution < -0.4 is 5.32 Å². The Balaban J connectivity index is 0.000000153. The van der Waals surface area contributed by atoms with Gasteiger partial charge >= 0.3 is 12.2 Å². The van der Waals surface area contributed by atoms with Crippen LogP contribution in [0, 0.1) is 17.2 Å². The minimum absolute atomic E-state index is 0.0863. The molecule has 3 N–H and O–H groups in total. The molecular formula is C34H44N12O4. The van der Waals surface area contributed by atoms with E-state index in [0.29, 0.717) is 45.3 Å². The average molecular weight is 685 g/mol. The maximum absolute atomic E-state index is 12.0. The highest BCUT2D eigenvalue weighted by atomic mass is 16.6. The summed E-state index contributed by atoms with van der Waals surface area (Å²) in [5.41, 5.74) is 1.98. The topological polar surface area (TPSA) is 204 Å². The maximum atomic E-state index is 12.0. The van der Waals surface area contributed by atoms with Crippen molar-refractivity contribution in [2.24, 2.45) is 5.92 Å². The van der Waals surface area contributed by atoms with E-state index in [1.54, 1.807) is 9.80 Å². The number of nitriles is 1. The second-order valence-corrected chi connectivity index (χ2v) is 12.3. The Hall–Kier alpha value is -5.43. The van der Waals surface area contributed by atoms with E-state index in [2.05, 4.69) is 52.6 Å². The molecule has 0 unspecified atom stereocenters. The standard InChI is InChI=1S/C14H17N5O2.C14H16N2O2.C6H11N5/c20-14(21-10-11-4-2-1-3-5-11)19-8-6-12(7-9-19)13-15-17-18-16-13;15-10-12-6-8-16(9-7-12)14(17)18-11-13-4-2-1-3-5-13;1-3-7-4-2-5(1)6-8-10-11-9-6/h1-5,12H,6-10H2,(H,15,16,17,18);1-5,12H,6-9,11H2;5,7H,1-4H2,(H,8,9,10,11). The lowest BCUT2D eigenvalue weighted by atomic mass is 9.96. The third-order valence-corrected chi connectivity index (χ3v) is 8.89. The van der Waals surface area contributed by atoms with Crippen LogP contribution in [0.5, 0.6) is 0 Å². The van der Waals surface area contributed by atoms with Crippen LogP contribution in [0.1, 0.15) is 73.1 Å². The second kappa shape index (κ2) is 19.5. The number of benzene rings is 2. The van der Waals surface area contributed by atoms with Crippen LogP contribution >= 0.6 is 0 Å². The van der Waals surface area contributed by atoms with Crippen LogP contribution in [0.2, 0.25) is 0 Å². The van der Waals surface area contributed by atoms with E-state index < -0.39 is 0 Å². The van der Waals surface area contributed by atoms with Crippen LogP contribution in [0.4, 0.5) is 9.59 Å². The van der Waals surface area contributed by atoms with Crippen molar-refractivity contribution in [3.8, 4) is 6.07 Å². The van der Waals surface area contributed by atoms with Gasteiger partial charge in [0.15, 0.2) is 11.6 Å². The van der Waals surface area contributed by atoms with Crippen LogP contribution in [-0.4, -0.2) is 103 Å². The summed E-state index contributed by atoms with van der Waals surface area (Å²) in [5, 5.41) is 40.1. The number of aromatic nitrogens is 8. The number of hydrogen-bond acceptors (Lipinski definition) is 12. The number of nitrogens with zero attached hydrogens (tertiary/aromatic N) is 9. The van der Waals surface area contributed by atoms with E-state index in [1.807, 2.05) is 60.7 Å². The van der Waals surface area contributed by atoms with Crippen LogP contribution in [0.3, 0.4) is 0 Å². The fourth-order valence-electron chi connectivity index (χ4n) is 5.90. The highest BCUT2D eigenvalue weighted by Gasteiger charge is 2.27. The summed E-state index contributed by atoms with van der Waals surface area (Å²) in [4.78, 5) is 27.2. The number of carbonyl (C=O) groups excluding carboxylic acids is 2. The number of nitrogens with one attached hydrogen (secondary N) is 3. The van der Waals surface area contributed by atoms with Crippen molar-refractivity contribution in [3.05, 3.63) is 83.4 Å². The first-order chi connectivity index (χ1) is 24.6. The Kier molecular flexibility index (Phi) is 14.0. The molecule has 2 aromatic carbocycles. The molecule has 3 fully saturated rings. The SMILES string of the molecule is C1CC(c2nn[nH]n2)CCN1.N#CC1CCN(C(=O)OCc2ccccc2)CC1.O=C(OCc1ccccc1)N1CCC(c2nn[nH]n2)CC1. The quantitative estimate of drug-likeness (QED) is 0.264. The van der Waals surface area contributed by atoms with Crippen molar-refractivity contribution >= 4 is 12.2 Å². The number of aromatic amines is 2. The normalized spacial score (nSPS) is 16.9. The average Bonchev–Trinajstić information content (AvgIpc) is 3.94. The lowest BCUT2D eigenvalue weighted by Crippen LogP contribution is -2.38. The number of tetrazole rings is 2. The first-order valence-electron chi connectivity index (χ1n) is 17.1. The predicted octanol–water partition coefficient (Wildman–Crippen LogP) is 3.94. The second-order valence-electron chi connectivity index (χ2n) is 12.3. The van der Waals surface area contributed by atoms with Gasteiger partial charge in [0, 0.05) is 43.9 Å². The Morgan fingerprint density at radius 2 is 1.12 bits per heavy atom. The molecule has 2 aromatic heterocycles. The first-order valence-corrected chi connectivity index (χ1v) is 17.1. The molecule has 3 saturated heterocycles. The van der Waals surface area contributed by atoms with Crippen molar-refractivity contribution in [2.75, 3.05) is 39.3 Å². The molecule has 5 heterocycles. The maximum Gasteiger partial charge on any atom is 0.410 e. The highest BCUT2D eigenvalue weighted by Crippen LogP contribution is 2.25. The van der Waals surface area contributed by atoms with Crippen molar-refractivity contribution in [3.63, 3.8) is 0 Å². The Morgan fingerprint density at radius 1 is 0.680 bits per heavy atom. The van der Waals surface area contributed by atoms with Gasteiger partial charge in [-0.25, -0.2) is 9.59 Å². The fraction of sp³-hybridized carbons (Fsp3) is 0.500. The zero-order chi connectivity index (χ0) is 34.8. The third-order valence-electron chi connectivity index (χ3n) is 8.89. The monoisotopic (exact) mass is 684 g/mol. The summed E-state index contributed by atoms with van der Waals surface area (Å²) in [6, 6.07) is 21.5. The van der Waals surface area contributed by atoms with Crippen molar-refractivity contribution in [1.29, 1.82) is 5.26 Å². The van der Waals surface area contributed by atoms with E-state index >= 15 is 0 Å². The molecule has 50 heavy (non-hydrogen) atoms. The molecule has 264 valence electrons. The molecule has 7 rings (SSSR count). The molecule has 0 spiro atoms. The molecule has 16 heteroatoms. The van der Waals surface area contributed by atoms with Crippen molar-refractivity contribution in [1.82, 2.24) is 56.4 Å². The molecule has 2 amide bonds. The van der Waals surface area contributed by atoms with Gasteiger partial charge in [0.1, 0.15) is 13.2 Å². The third kappa shape index (κ3) is 11.3. The summed E-state index contributed by atoms with van der Waals surface area (Å²) >= 11 is 0. The molecule has 0 bridgehead atoms. The molecule has 16 nitrogen and oxygen atoms in total. The van der Waals surface area contributed by atoms with E-state index in [4.69, 9.17) is 14.7 Å². The Morgan fingerprint density at radius 3 is 1.54 bits per heavy atom. The van der Waals surface area contributed by atoms with Gasteiger partial charge in [0.25, 0.3) is 0 Å². The lowest BCUT2D eigenvalue weighted by Gasteiger charge is -2.29. The molecule has 0 radical (unpaired) electrons. The van der Waals surface area contributed by atoms with Gasteiger partial charge in [0.2, 0.25) is 0 Å². The van der Waals surface area contributed by atoms with E-state index in [-0.39, 0.29) is 24.0 Å². The smallest absolute Gasteiger partial charge is 0.410 e. The van der Waals surface area contributed by atoms with Gasteiger partial charge in [-0.2, -0.15) is 15.7 Å². The van der Waals surface area contributed by atoms with Gasteiger partial charge in [-0.15, -0.1) is 20.4 Å². The number of H-pyrrole nitrogens is 2. The van der Waals surface area contributed by atoms with Crippen molar-refractivity contribution < 1.29 is 19.1 Å². The van der Waals surface area contributed by atoms with E-state index in [1.165, 1.54) is 0 Å². The van der Waals surface area contributed by atoms with Gasteiger partial charge in [-0.1, -0.05) is 71.1 Å². The van der Waals surface area contributed by atoms with Crippen molar-refractivity contribution in [2.45, 2.75) is 63.6 Å². The predicted molar refractivity (Wildman–Crippen MR) is 180 cm³/mol. The first kappa shape index (κ1) is 35.9. The summed E-state index contributed by atoms with van der Waals surface area (Å²) in [7, 11) is 0. The number of rotatable bonds is 6. The zero-order valence-electron chi connectivity index (χ0n) is 28.1. The number of amides is 2. The highest BCUT2D eigenvalue weighted by molar-refractivity contribution is 5.68. The van der Waals surface area contributed by atoms with Crippen LogP contribution in [0.15, 0.2) is 60.7 Å². The van der Waals surface area contributed by atoms with Gasteiger partial charge < -0.3 is 24.6 Å². The number of piperidine rings is 3. The zero-order valence-corrected chi connectivity index (χ0v) is 28.1. The lowest BCUT2D eigenvalue weighted by molar-refractivity contribution is 0.0855. The summed E-state index contributed by atoms with van der Waals surface area (Å²) < 4.78 is 10.6. The summed E-state index contributed by atoms with van der Waals surface area (Å²) in [5.74, 6) is 2.46. The number of likely N-dealkylation sites (tertiary alicyclic amines) is 2. The van der Waals surface area contributed by atoms with Crippen LogP contribution in [0.25, 0.3) is 0 Å². The Bertz CT molecular complexity index is 1560. The van der Waals surface area contributed by atoms with E-state index in [9.17, 15) is 9.59 Å². The number of ether oxygens (including phenoxy) is 2. The Labute approximate surface area is 290 Å². The molecule has 0 aliphatic carbocycles. The largest absolute Gasteiger partial charge is 0.445 e. The molecular weight excluding hydrogens is 640 g/mol. The van der Waals surface area contributed by atoms with Crippen LogP contribution in [-0.2, 0) is 22.7 Å². The minimum Gasteiger partial charge on any atom is -0.445 e.